The molecule has 0 aliphatic rings. The van der Waals surface area contributed by atoms with Crippen molar-refractivity contribution in [3.8, 4) is 0 Å². The molecule has 0 aromatic rings. The Morgan fingerprint density at radius 2 is 1.81 bits per heavy atom. The van der Waals surface area contributed by atoms with Gasteiger partial charge >= 0.3 is 5.97 Å². The van der Waals surface area contributed by atoms with E-state index in [4.69, 9.17) is 9.84 Å². The summed E-state index contributed by atoms with van der Waals surface area (Å²) in [5.74, 6) is -0.982. The Balaban J connectivity index is 4.69. The van der Waals surface area contributed by atoms with Crippen LogP contribution in [-0.4, -0.2) is 34.9 Å². The summed E-state index contributed by atoms with van der Waals surface area (Å²) in [6.07, 6.45) is -0.727. The van der Waals surface area contributed by atoms with Crippen molar-refractivity contribution in [3.05, 3.63) is 0 Å². The Morgan fingerprint density at radius 3 is 2.12 bits per heavy atom. The van der Waals surface area contributed by atoms with Crippen LogP contribution in [0.25, 0.3) is 0 Å². The van der Waals surface area contributed by atoms with Gasteiger partial charge in [-0.2, -0.15) is 0 Å². The van der Waals surface area contributed by atoms with Gasteiger partial charge in [0.15, 0.2) is 0 Å². The van der Waals surface area contributed by atoms with E-state index in [9.17, 15) is 14.7 Å². The lowest BCUT2D eigenvalue weighted by atomic mass is 9.79. The van der Waals surface area contributed by atoms with Crippen molar-refractivity contribution < 1.29 is 24.5 Å². The fourth-order valence-electron chi connectivity index (χ4n) is 1.59. The fraction of sp³-hybridized carbons (Fsp3) is 0.818. The summed E-state index contributed by atoms with van der Waals surface area (Å²) in [5, 5.41) is 17.8. The highest BCUT2D eigenvalue weighted by molar-refractivity contribution is 6.02. The van der Waals surface area contributed by atoms with Gasteiger partial charge in [0.05, 0.1) is 0 Å². The van der Waals surface area contributed by atoms with Crippen LogP contribution in [0.15, 0.2) is 0 Å². The molecular formula is C11H20O5. The van der Waals surface area contributed by atoms with Crippen molar-refractivity contribution in [1.29, 1.82) is 0 Å². The van der Waals surface area contributed by atoms with Gasteiger partial charge in [-0.05, 0) is 19.8 Å². The molecule has 5 heteroatoms. The standard InChI is InChI=1S/C11H20O5/c1-4-11(5-2,8(3)13)10(15)16-9(14)6-7-12/h9,12,14H,4-7H2,1-3H3. The third kappa shape index (κ3) is 3.28. The second-order valence-corrected chi connectivity index (χ2v) is 3.72. The Morgan fingerprint density at radius 1 is 1.31 bits per heavy atom. The van der Waals surface area contributed by atoms with Crippen molar-refractivity contribution in [2.45, 2.75) is 46.3 Å². The molecule has 0 spiro atoms. The Labute approximate surface area is 95.4 Å². The minimum atomic E-state index is -1.35. The Bertz CT molecular complexity index is 245. The summed E-state index contributed by atoms with van der Waals surface area (Å²) in [6, 6.07) is 0. The van der Waals surface area contributed by atoms with Crippen LogP contribution in [0.4, 0.5) is 0 Å². The van der Waals surface area contributed by atoms with E-state index in [2.05, 4.69) is 0 Å². The zero-order valence-corrected chi connectivity index (χ0v) is 10.0. The fourth-order valence-corrected chi connectivity index (χ4v) is 1.59. The van der Waals surface area contributed by atoms with Gasteiger partial charge in [-0.3, -0.25) is 9.59 Å². The Kier molecular flexibility index (Phi) is 6.21. The van der Waals surface area contributed by atoms with E-state index in [1.807, 2.05) is 0 Å². The number of aliphatic hydroxyl groups excluding tert-OH is 2. The molecule has 0 rings (SSSR count). The maximum absolute atomic E-state index is 11.8. The van der Waals surface area contributed by atoms with Crippen LogP contribution in [0, 0.1) is 5.41 Å². The van der Waals surface area contributed by atoms with Crippen molar-refractivity contribution in [2.75, 3.05) is 6.61 Å². The summed E-state index contributed by atoms with van der Waals surface area (Å²) >= 11 is 0. The number of rotatable bonds is 7. The van der Waals surface area contributed by atoms with Gasteiger partial charge in [0.1, 0.15) is 11.2 Å². The number of hydrogen-bond acceptors (Lipinski definition) is 5. The van der Waals surface area contributed by atoms with Crippen LogP contribution in [0.1, 0.15) is 40.0 Å². The number of aliphatic hydroxyl groups is 2. The first-order valence-corrected chi connectivity index (χ1v) is 5.45. The van der Waals surface area contributed by atoms with Crippen LogP contribution in [-0.2, 0) is 14.3 Å². The smallest absolute Gasteiger partial charge is 0.321 e. The number of carbonyl (C=O) groups is 2. The Hall–Kier alpha value is -0.940. The molecule has 94 valence electrons. The second-order valence-electron chi connectivity index (χ2n) is 3.72. The molecule has 0 fully saturated rings. The lowest BCUT2D eigenvalue weighted by Gasteiger charge is -2.27. The number of Topliss-reactive ketones (excluding diaryl/α,β-unsaturated/α-hetero) is 1. The van der Waals surface area contributed by atoms with E-state index in [1.54, 1.807) is 13.8 Å². The number of ketones is 1. The molecule has 0 bridgehead atoms. The number of hydrogen-bond donors (Lipinski definition) is 2. The van der Waals surface area contributed by atoms with E-state index < -0.39 is 17.7 Å². The highest BCUT2D eigenvalue weighted by Crippen LogP contribution is 2.29. The van der Waals surface area contributed by atoms with E-state index in [-0.39, 0.29) is 18.8 Å². The lowest BCUT2D eigenvalue weighted by molar-refractivity contribution is -0.183. The first-order valence-electron chi connectivity index (χ1n) is 5.45. The molecule has 0 aliphatic carbocycles. The number of esters is 1. The topological polar surface area (TPSA) is 83.8 Å². The van der Waals surface area contributed by atoms with Gasteiger partial charge in [0.2, 0.25) is 6.29 Å². The monoisotopic (exact) mass is 232 g/mol. The maximum atomic E-state index is 11.8. The number of ether oxygens (including phenoxy) is 1. The summed E-state index contributed by atoms with van der Waals surface area (Å²) < 4.78 is 4.74. The molecule has 0 aromatic carbocycles. The number of carbonyl (C=O) groups excluding carboxylic acids is 2. The van der Waals surface area contributed by atoms with Crippen LogP contribution >= 0.6 is 0 Å². The minimum absolute atomic E-state index is 0.0485. The van der Waals surface area contributed by atoms with Crippen LogP contribution in [0.5, 0.6) is 0 Å². The van der Waals surface area contributed by atoms with Gasteiger partial charge in [0, 0.05) is 13.0 Å². The third-order valence-corrected chi connectivity index (χ3v) is 2.89. The quantitative estimate of drug-likeness (QED) is 0.382. The van der Waals surface area contributed by atoms with Gasteiger partial charge in [-0.25, -0.2) is 0 Å². The van der Waals surface area contributed by atoms with Gasteiger partial charge in [-0.1, -0.05) is 13.8 Å². The summed E-state index contributed by atoms with van der Waals surface area (Å²) in [4.78, 5) is 23.2. The molecule has 2 N–H and O–H groups in total. The van der Waals surface area contributed by atoms with E-state index in [1.165, 1.54) is 6.92 Å². The first-order chi connectivity index (χ1) is 7.44. The van der Waals surface area contributed by atoms with E-state index in [0.717, 1.165) is 0 Å². The predicted octanol–water partition coefficient (Wildman–Crippen LogP) is 0.626. The summed E-state index contributed by atoms with van der Waals surface area (Å²) in [7, 11) is 0. The molecule has 0 heterocycles. The van der Waals surface area contributed by atoms with Gasteiger partial charge in [0.25, 0.3) is 0 Å². The first kappa shape index (κ1) is 15.1. The molecule has 1 unspecified atom stereocenters. The molecule has 0 radical (unpaired) electrons. The molecule has 0 saturated heterocycles. The third-order valence-electron chi connectivity index (χ3n) is 2.89. The average molecular weight is 232 g/mol. The molecule has 5 nitrogen and oxygen atoms in total. The molecule has 16 heavy (non-hydrogen) atoms. The van der Waals surface area contributed by atoms with Crippen molar-refractivity contribution in [1.82, 2.24) is 0 Å². The van der Waals surface area contributed by atoms with Crippen molar-refractivity contribution in [2.24, 2.45) is 5.41 Å². The molecule has 0 saturated carbocycles. The minimum Gasteiger partial charge on any atom is -0.435 e. The normalized spacial score (nSPS) is 13.3. The molecular weight excluding hydrogens is 212 g/mol. The predicted molar refractivity (Wildman–Crippen MR) is 57.5 cm³/mol. The van der Waals surface area contributed by atoms with Crippen molar-refractivity contribution >= 4 is 11.8 Å². The maximum Gasteiger partial charge on any atom is 0.321 e. The van der Waals surface area contributed by atoms with Gasteiger partial charge < -0.3 is 14.9 Å². The lowest BCUT2D eigenvalue weighted by Crippen LogP contribution is -2.40. The van der Waals surface area contributed by atoms with Gasteiger partial charge in [-0.15, -0.1) is 0 Å². The molecule has 0 aromatic heterocycles. The second kappa shape index (κ2) is 6.60. The van der Waals surface area contributed by atoms with Crippen LogP contribution in [0.2, 0.25) is 0 Å². The average Bonchev–Trinajstić information content (AvgIpc) is 2.19. The van der Waals surface area contributed by atoms with Crippen molar-refractivity contribution in [3.63, 3.8) is 0 Å². The highest BCUT2D eigenvalue weighted by Gasteiger charge is 2.42. The SMILES string of the molecule is CCC(CC)(C(C)=O)C(=O)OC(O)CCO. The summed E-state index contributed by atoms with van der Waals surface area (Å²) in [6.45, 7) is 4.52. The van der Waals surface area contributed by atoms with Crippen LogP contribution < -0.4 is 0 Å². The molecule has 1 atom stereocenters. The van der Waals surface area contributed by atoms with Crippen LogP contribution in [0.3, 0.4) is 0 Å². The molecule has 0 amide bonds. The summed E-state index contributed by atoms with van der Waals surface area (Å²) in [5.41, 5.74) is -1.17. The zero-order valence-electron chi connectivity index (χ0n) is 10.0. The largest absolute Gasteiger partial charge is 0.435 e. The zero-order chi connectivity index (χ0) is 12.8. The van der Waals surface area contributed by atoms with E-state index >= 15 is 0 Å². The highest BCUT2D eigenvalue weighted by atomic mass is 16.6. The molecule has 0 aliphatic heterocycles. The van der Waals surface area contributed by atoms with E-state index in [0.29, 0.717) is 12.8 Å².